The monoisotopic (exact) mass is 610 g/mol. The van der Waals surface area contributed by atoms with Crippen molar-refractivity contribution < 1.29 is 0 Å². The second-order valence-corrected chi connectivity index (χ2v) is 16.0. The second kappa shape index (κ2) is 8.08. The van der Waals surface area contributed by atoms with E-state index in [-0.39, 0.29) is 10.8 Å². The van der Waals surface area contributed by atoms with Gasteiger partial charge in [-0.3, -0.25) is 0 Å². The van der Waals surface area contributed by atoms with E-state index in [0.29, 0.717) is 11.8 Å². The van der Waals surface area contributed by atoms with E-state index in [9.17, 15) is 0 Å². The Morgan fingerprint density at radius 1 is 0.521 bits per heavy atom. The maximum Gasteiger partial charge on any atom is 0.0202 e. The molecule has 6 aliphatic rings. The van der Waals surface area contributed by atoms with Crippen LogP contribution in [0.2, 0.25) is 0 Å². The summed E-state index contributed by atoms with van der Waals surface area (Å²) in [6, 6.07) is 28.0. The van der Waals surface area contributed by atoms with Gasteiger partial charge in [-0.15, -0.1) is 0 Å². The fourth-order valence-electron chi connectivity index (χ4n) is 11.4. The van der Waals surface area contributed by atoms with Crippen LogP contribution in [0.3, 0.4) is 0 Å². The van der Waals surface area contributed by atoms with Crippen molar-refractivity contribution in [2.24, 2.45) is 11.8 Å². The molecule has 0 bridgehead atoms. The van der Waals surface area contributed by atoms with Gasteiger partial charge in [-0.1, -0.05) is 143 Å². The highest BCUT2D eigenvalue weighted by molar-refractivity contribution is 6.26. The number of rotatable bonds is 0. The maximum atomic E-state index is 2.59. The molecule has 0 spiro atoms. The van der Waals surface area contributed by atoms with Crippen LogP contribution in [0.5, 0.6) is 0 Å². The van der Waals surface area contributed by atoms with E-state index < -0.39 is 0 Å². The number of allylic oxidation sites excluding steroid dienone is 14. The predicted molar refractivity (Wildman–Crippen MR) is 203 cm³/mol. The molecule has 6 aromatic rings. The fourth-order valence-corrected chi connectivity index (χ4v) is 11.4. The van der Waals surface area contributed by atoms with Crippen molar-refractivity contribution in [3.05, 3.63) is 172 Å². The van der Waals surface area contributed by atoms with Gasteiger partial charge < -0.3 is 0 Å². The Hall–Kier alpha value is -5.20. The van der Waals surface area contributed by atoms with Gasteiger partial charge in [-0.25, -0.2) is 0 Å². The lowest BCUT2D eigenvalue weighted by molar-refractivity contribution is 0.540. The quantitative estimate of drug-likeness (QED) is 0.150. The molecule has 0 amide bonds. The van der Waals surface area contributed by atoms with Crippen molar-refractivity contribution in [1.29, 1.82) is 0 Å². The third kappa shape index (κ3) is 2.73. The van der Waals surface area contributed by atoms with E-state index in [1.165, 1.54) is 104 Å². The van der Waals surface area contributed by atoms with Crippen LogP contribution < -0.4 is 0 Å². The average Bonchev–Trinajstić information content (AvgIpc) is 3.48. The summed E-state index contributed by atoms with van der Waals surface area (Å²) < 4.78 is 0. The van der Waals surface area contributed by atoms with Gasteiger partial charge in [0.25, 0.3) is 0 Å². The SMILES string of the molecule is CC1(C)C2=C3C=CC4=CC=CC5=CC=C(C=C2c2c1c1c(c6ccccc26)-c2cc6ccc7cccc8ccc(c2C1(C)C)c6c78)C3C45. The molecule has 12 rings (SSSR count). The molecule has 48 heavy (non-hydrogen) atoms. The van der Waals surface area contributed by atoms with E-state index in [2.05, 4.69) is 149 Å². The van der Waals surface area contributed by atoms with Gasteiger partial charge in [0.05, 0.1) is 0 Å². The van der Waals surface area contributed by atoms with Crippen molar-refractivity contribution in [3.8, 4) is 11.1 Å². The first-order valence-electron chi connectivity index (χ1n) is 17.6. The Balaban J connectivity index is 1.24. The third-order valence-electron chi connectivity index (χ3n) is 13.0. The predicted octanol–water partition coefficient (Wildman–Crippen LogP) is 12.2. The van der Waals surface area contributed by atoms with Crippen LogP contribution in [0.25, 0.3) is 59.8 Å². The lowest BCUT2D eigenvalue weighted by Gasteiger charge is -2.42. The molecule has 6 aliphatic carbocycles. The molecule has 0 aliphatic heterocycles. The highest BCUT2D eigenvalue weighted by atomic mass is 14.5. The van der Waals surface area contributed by atoms with E-state index in [1.807, 2.05) is 0 Å². The van der Waals surface area contributed by atoms with Gasteiger partial charge in [0.1, 0.15) is 0 Å². The van der Waals surface area contributed by atoms with Crippen molar-refractivity contribution in [2.45, 2.75) is 38.5 Å². The van der Waals surface area contributed by atoms with Crippen molar-refractivity contribution in [3.63, 3.8) is 0 Å². The van der Waals surface area contributed by atoms with Crippen LogP contribution in [0, 0.1) is 11.8 Å². The standard InChI is InChI=1S/C48H34/c1-47(2)43-33-21-19-27-11-7-9-25-15-17-29(39(33)37(25)27)23-35(43)41-31-13-5-6-14-32(31)42-36-24-30-18-16-26-10-8-12-28-20-22-34(40(30)38(26)28)44(36)48(3,4)46(42)45(41)47/h5-24,37,39H,1-4H3. The van der Waals surface area contributed by atoms with Crippen LogP contribution in [0.15, 0.2) is 149 Å². The van der Waals surface area contributed by atoms with Crippen LogP contribution in [0.4, 0.5) is 0 Å². The van der Waals surface area contributed by atoms with Crippen molar-refractivity contribution in [1.82, 2.24) is 0 Å². The zero-order valence-corrected chi connectivity index (χ0v) is 27.7. The Morgan fingerprint density at radius 2 is 1.23 bits per heavy atom. The molecular weight excluding hydrogens is 577 g/mol. The molecule has 6 aromatic carbocycles. The normalized spacial score (nSPS) is 23.2. The third-order valence-corrected chi connectivity index (χ3v) is 13.0. The number of benzene rings is 6. The van der Waals surface area contributed by atoms with E-state index in [4.69, 9.17) is 0 Å². The minimum Gasteiger partial charge on any atom is -0.0617 e. The van der Waals surface area contributed by atoms with Crippen LogP contribution in [-0.2, 0) is 10.8 Å². The van der Waals surface area contributed by atoms with Crippen LogP contribution >= 0.6 is 0 Å². The molecule has 0 saturated heterocycles. The molecule has 2 atom stereocenters. The lowest BCUT2D eigenvalue weighted by Crippen LogP contribution is -2.32. The van der Waals surface area contributed by atoms with Gasteiger partial charge in [0.2, 0.25) is 0 Å². The summed E-state index contributed by atoms with van der Waals surface area (Å²) in [5.74, 6) is 0.792. The Kier molecular flexibility index (Phi) is 4.35. The topological polar surface area (TPSA) is 0 Å². The highest BCUT2D eigenvalue weighted by Crippen LogP contribution is 2.66. The van der Waals surface area contributed by atoms with Crippen LogP contribution in [0.1, 0.15) is 49.9 Å². The molecule has 0 nitrogen and oxygen atoms in total. The molecule has 0 saturated carbocycles. The summed E-state index contributed by atoms with van der Waals surface area (Å²) in [6.07, 6.45) is 19.1. The summed E-state index contributed by atoms with van der Waals surface area (Å²) >= 11 is 0. The molecular formula is C48H34. The first-order chi connectivity index (χ1) is 23.3. The van der Waals surface area contributed by atoms with Gasteiger partial charge in [0.15, 0.2) is 0 Å². The molecule has 0 N–H and O–H groups in total. The smallest absolute Gasteiger partial charge is 0.0202 e. The summed E-state index contributed by atoms with van der Waals surface area (Å²) in [4.78, 5) is 0. The van der Waals surface area contributed by atoms with E-state index in [0.717, 1.165) is 0 Å². The summed E-state index contributed by atoms with van der Waals surface area (Å²) in [5, 5.41) is 11.0. The summed E-state index contributed by atoms with van der Waals surface area (Å²) in [6.45, 7) is 10.1. The van der Waals surface area contributed by atoms with Gasteiger partial charge in [-0.05, 0) is 116 Å². The van der Waals surface area contributed by atoms with E-state index in [1.54, 1.807) is 5.56 Å². The van der Waals surface area contributed by atoms with E-state index >= 15 is 0 Å². The Bertz CT molecular complexity index is 2790. The number of fused-ring (bicyclic) bond motifs is 11. The maximum absolute atomic E-state index is 2.59. The van der Waals surface area contributed by atoms with Gasteiger partial charge in [-0.2, -0.15) is 0 Å². The molecule has 0 aromatic heterocycles. The molecule has 0 heteroatoms. The molecule has 0 fully saturated rings. The second-order valence-electron chi connectivity index (χ2n) is 16.0. The zero-order chi connectivity index (χ0) is 31.8. The molecule has 226 valence electrons. The Labute approximate surface area is 280 Å². The Morgan fingerprint density at radius 3 is 2.06 bits per heavy atom. The number of hydrogen-bond acceptors (Lipinski definition) is 0. The first kappa shape index (κ1) is 25.8. The minimum absolute atomic E-state index is 0.154. The molecule has 2 unspecified atom stereocenters. The average molecular weight is 611 g/mol. The van der Waals surface area contributed by atoms with Crippen molar-refractivity contribution in [2.75, 3.05) is 0 Å². The highest BCUT2D eigenvalue weighted by Gasteiger charge is 2.52. The zero-order valence-electron chi connectivity index (χ0n) is 27.7. The minimum atomic E-state index is -0.176. The summed E-state index contributed by atoms with van der Waals surface area (Å²) in [7, 11) is 0. The van der Waals surface area contributed by atoms with Gasteiger partial charge in [0, 0.05) is 22.7 Å². The van der Waals surface area contributed by atoms with Crippen LogP contribution in [-0.4, -0.2) is 0 Å². The molecule has 0 heterocycles. The first-order valence-corrected chi connectivity index (χ1v) is 17.6. The molecule has 0 radical (unpaired) electrons. The van der Waals surface area contributed by atoms with Crippen molar-refractivity contribution >= 4 is 48.7 Å². The fraction of sp³-hybridized carbons (Fsp3) is 0.167. The number of hydrogen-bond donors (Lipinski definition) is 0. The summed E-state index contributed by atoms with van der Waals surface area (Å²) in [5.41, 5.74) is 17.4. The largest absolute Gasteiger partial charge is 0.0617 e. The van der Waals surface area contributed by atoms with Gasteiger partial charge >= 0.3 is 0 Å². The lowest BCUT2D eigenvalue weighted by atomic mass is 9.60.